The number of nitrogens with one attached hydrogen (secondary N) is 2. The van der Waals surface area contributed by atoms with Crippen molar-refractivity contribution in [3.8, 4) is 11.5 Å². The van der Waals surface area contributed by atoms with E-state index in [1.54, 1.807) is 76.6 Å². The van der Waals surface area contributed by atoms with E-state index in [1.807, 2.05) is 0 Å². The minimum atomic E-state index is -0.819. The molecule has 0 heterocycles. The standard InChI is InChI=1S/C25H28N2O7/c1-5-33-23(28)21(15-17-7-11-19(31-3)12-8-17)26-25(30)27-22(24(29)34-6-2)16-18-9-13-20(32-4)14-10-18/h7-16H,5-6H2,1-4H3,(H2,26,27,30)/b21-15-,22-16-. The van der Waals surface area contributed by atoms with Gasteiger partial charge in [0.05, 0.1) is 27.4 Å². The third-order valence-corrected chi connectivity index (χ3v) is 4.34. The Morgan fingerprint density at radius 2 is 1.03 bits per heavy atom. The van der Waals surface area contributed by atoms with E-state index < -0.39 is 18.0 Å². The second-order valence-corrected chi connectivity index (χ2v) is 6.68. The molecular formula is C25H28N2O7. The molecule has 34 heavy (non-hydrogen) atoms. The second-order valence-electron chi connectivity index (χ2n) is 6.68. The van der Waals surface area contributed by atoms with E-state index in [9.17, 15) is 14.4 Å². The number of rotatable bonds is 10. The van der Waals surface area contributed by atoms with Gasteiger partial charge in [0.15, 0.2) is 0 Å². The molecule has 2 aromatic carbocycles. The summed E-state index contributed by atoms with van der Waals surface area (Å²) in [6.07, 6.45) is 2.91. The molecule has 0 saturated heterocycles. The Labute approximate surface area is 198 Å². The number of urea groups is 1. The number of hydrogen-bond donors (Lipinski definition) is 2. The van der Waals surface area contributed by atoms with Crippen molar-refractivity contribution in [3.63, 3.8) is 0 Å². The summed E-state index contributed by atoms with van der Waals surface area (Å²) in [4.78, 5) is 37.5. The molecule has 2 rings (SSSR count). The average molecular weight is 469 g/mol. The van der Waals surface area contributed by atoms with Crippen molar-refractivity contribution in [1.82, 2.24) is 10.6 Å². The number of methoxy groups -OCH3 is 2. The molecule has 0 atom stereocenters. The summed E-state index contributed by atoms with van der Waals surface area (Å²) in [5.41, 5.74) is 1.03. The number of esters is 2. The molecule has 0 aliphatic carbocycles. The van der Waals surface area contributed by atoms with Crippen LogP contribution in [0.4, 0.5) is 4.79 Å². The maximum Gasteiger partial charge on any atom is 0.354 e. The van der Waals surface area contributed by atoms with Gasteiger partial charge in [0.25, 0.3) is 0 Å². The maximum atomic E-state index is 12.7. The van der Waals surface area contributed by atoms with Crippen molar-refractivity contribution in [3.05, 3.63) is 71.1 Å². The molecule has 2 aromatic rings. The molecule has 0 aliphatic rings. The lowest BCUT2D eigenvalue weighted by molar-refractivity contribution is -0.139. The first-order valence-corrected chi connectivity index (χ1v) is 10.5. The molecule has 0 aliphatic heterocycles. The van der Waals surface area contributed by atoms with Crippen LogP contribution in [0.25, 0.3) is 12.2 Å². The van der Waals surface area contributed by atoms with E-state index in [0.717, 1.165) is 0 Å². The average Bonchev–Trinajstić information content (AvgIpc) is 2.84. The molecule has 180 valence electrons. The maximum absolute atomic E-state index is 12.7. The van der Waals surface area contributed by atoms with Crippen LogP contribution in [0.1, 0.15) is 25.0 Å². The molecule has 2 amide bonds. The Hall–Kier alpha value is -4.27. The van der Waals surface area contributed by atoms with E-state index >= 15 is 0 Å². The number of ether oxygens (including phenoxy) is 4. The van der Waals surface area contributed by atoms with E-state index in [0.29, 0.717) is 22.6 Å². The summed E-state index contributed by atoms with van der Waals surface area (Å²) < 4.78 is 20.3. The third kappa shape index (κ3) is 8.01. The molecule has 0 aromatic heterocycles. The summed E-state index contributed by atoms with van der Waals surface area (Å²) in [5.74, 6) is -0.179. The van der Waals surface area contributed by atoms with Crippen LogP contribution >= 0.6 is 0 Å². The Balaban J connectivity index is 2.27. The molecule has 0 bridgehead atoms. The topological polar surface area (TPSA) is 112 Å². The van der Waals surface area contributed by atoms with E-state index in [-0.39, 0.29) is 24.6 Å². The predicted octanol–water partition coefficient (Wildman–Crippen LogP) is 3.51. The van der Waals surface area contributed by atoms with Gasteiger partial charge < -0.3 is 29.6 Å². The zero-order valence-electron chi connectivity index (χ0n) is 19.5. The van der Waals surface area contributed by atoms with Crippen molar-refractivity contribution in [2.45, 2.75) is 13.8 Å². The van der Waals surface area contributed by atoms with Crippen molar-refractivity contribution < 1.29 is 33.3 Å². The normalized spacial score (nSPS) is 11.3. The number of benzene rings is 2. The van der Waals surface area contributed by atoms with Crippen LogP contribution in [0.2, 0.25) is 0 Å². The lowest BCUT2D eigenvalue weighted by atomic mass is 10.2. The van der Waals surface area contributed by atoms with Gasteiger partial charge >= 0.3 is 18.0 Å². The molecule has 2 N–H and O–H groups in total. The van der Waals surface area contributed by atoms with Crippen LogP contribution in [-0.4, -0.2) is 45.4 Å². The molecular weight excluding hydrogens is 440 g/mol. The number of hydrogen-bond acceptors (Lipinski definition) is 7. The van der Waals surface area contributed by atoms with Crippen molar-refractivity contribution in [1.29, 1.82) is 0 Å². The van der Waals surface area contributed by atoms with Crippen molar-refractivity contribution in [2.24, 2.45) is 0 Å². The highest BCUT2D eigenvalue weighted by atomic mass is 16.5. The van der Waals surface area contributed by atoms with E-state index in [1.165, 1.54) is 12.2 Å². The highest BCUT2D eigenvalue weighted by Crippen LogP contribution is 2.15. The zero-order valence-corrected chi connectivity index (χ0v) is 19.5. The van der Waals surface area contributed by atoms with Gasteiger partial charge in [0.1, 0.15) is 22.9 Å². The predicted molar refractivity (Wildman–Crippen MR) is 127 cm³/mol. The molecule has 0 saturated carbocycles. The summed E-state index contributed by atoms with van der Waals surface area (Å²) >= 11 is 0. The van der Waals surface area contributed by atoms with Crippen LogP contribution in [0.5, 0.6) is 11.5 Å². The fourth-order valence-corrected chi connectivity index (χ4v) is 2.72. The molecule has 0 radical (unpaired) electrons. The first kappa shape index (κ1) is 26.0. The summed E-state index contributed by atoms with van der Waals surface area (Å²) in [5, 5.41) is 4.89. The van der Waals surface area contributed by atoms with Gasteiger partial charge in [-0.1, -0.05) is 24.3 Å². The minimum Gasteiger partial charge on any atom is -0.497 e. The second kappa shape index (κ2) is 13.3. The Kier molecular flexibility index (Phi) is 10.2. The molecule has 0 fully saturated rings. The largest absolute Gasteiger partial charge is 0.497 e. The highest BCUT2D eigenvalue weighted by Gasteiger charge is 2.18. The number of carbonyl (C=O) groups is 3. The summed E-state index contributed by atoms with van der Waals surface area (Å²) in [6.45, 7) is 3.54. The van der Waals surface area contributed by atoms with Gasteiger partial charge in [-0.05, 0) is 61.4 Å². The minimum absolute atomic E-state index is 0.114. The van der Waals surface area contributed by atoms with Gasteiger partial charge in [0.2, 0.25) is 0 Å². The van der Waals surface area contributed by atoms with Crippen molar-refractivity contribution >= 4 is 30.1 Å². The monoisotopic (exact) mass is 468 g/mol. The Morgan fingerprint density at radius 1 is 0.676 bits per heavy atom. The molecule has 0 spiro atoms. The smallest absolute Gasteiger partial charge is 0.354 e. The van der Waals surface area contributed by atoms with Crippen LogP contribution in [0.15, 0.2) is 59.9 Å². The lowest BCUT2D eigenvalue weighted by Crippen LogP contribution is -2.39. The number of amides is 2. The lowest BCUT2D eigenvalue weighted by Gasteiger charge is -2.13. The Morgan fingerprint density at radius 3 is 1.32 bits per heavy atom. The van der Waals surface area contributed by atoms with Gasteiger partial charge in [0, 0.05) is 0 Å². The quantitative estimate of drug-likeness (QED) is 0.405. The van der Waals surface area contributed by atoms with Crippen molar-refractivity contribution in [2.75, 3.05) is 27.4 Å². The third-order valence-electron chi connectivity index (χ3n) is 4.34. The summed E-state index contributed by atoms with van der Waals surface area (Å²) in [6, 6.07) is 12.9. The first-order valence-electron chi connectivity index (χ1n) is 10.5. The van der Waals surface area contributed by atoms with Crippen LogP contribution in [0.3, 0.4) is 0 Å². The summed E-state index contributed by atoms with van der Waals surface area (Å²) in [7, 11) is 3.09. The van der Waals surface area contributed by atoms with E-state index in [4.69, 9.17) is 18.9 Å². The first-order chi connectivity index (χ1) is 16.4. The molecule has 9 heteroatoms. The van der Waals surface area contributed by atoms with Gasteiger partial charge in [-0.25, -0.2) is 14.4 Å². The fraction of sp³-hybridized carbons (Fsp3) is 0.240. The molecule has 9 nitrogen and oxygen atoms in total. The van der Waals surface area contributed by atoms with Crippen LogP contribution in [0, 0.1) is 0 Å². The van der Waals surface area contributed by atoms with Gasteiger partial charge in [-0.2, -0.15) is 0 Å². The SMILES string of the molecule is CCOC(=O)/C(=C/c1ccc(OC)cc1)NC(=O)N/C(=C\c1ccc(OC)cc1)C(=O)OCC. The zero-order chi connectivity index (χ0) is 24.9. The Bertz CT molecular complexity index is 958. The highest BCUT2D eigenvalue weighted by molar-refractivity contribution is 6.01. The fourth-order valence-electron chi connectivity index (χ4n) is 2.72. The molecule has 0 unspecified atom stereocenters. The van der Waals surface area contributed by atoms with Crippen LogP contribution < -0.4 is 20.1 Å². The van der Waals surface area contributed by atoms with Gasteiger partial charge in [-0.15, -0.1) is 0 Å². The number of carbonyl (C=O) groups excluding carboxylic acids is 3. The van der Waals surface area contributed by atoms with E-state index in [2.05, 4.69) is 10.6 Å². The van der Waals surface area contributed by atoms with Gasteiger partial charge in [-0.3, -0.25) is 0 Å². The van der Waals surface area contributed by atoms with Crippen LogP contribution in [-0.2, 0) is 19.1 Å².